The van der Waals surface area contributed by atoms with E-state index in [0.29, 0.717) is 12.1 Å². The molecule has 0 spiro atoms. The average molecular weight is 329 g/mol. The number of nitrogens with one attached hydrogen (secondary N) is 1. The van der Waals surface area contributed by atoms with Gasteiger partial charge in [0.1, 0.15) is 6.10 Å². The Bertz CT molecular complexity index is 570. The van der Waals surface area contributed by atoms with Crippen LogP contribution in [-0.4, -0.2) is 30.3 Å². The average Bonchev–Trinajstić information content (AvgIpc) is 2.63. The maximum atomic E-state index is 12.7. The first kappa shape index (κ1) is 18.5. The monoisotopic (exact) mass is 329 g/mol. The van der Waals surface area contributed by atoms with Gasteiger partial charge in [-0.1, -0.05) is 55.5 Å². The van der Waals surface area contributed by atoms with Gasteiger partial charge in [-0.25, -0.2) is 4.79 Å². The largest absolute Gasteiger partial charge is 0.460 e. The fourth-order valence-electron chi connectivity index (χ4n) is 2.88. The molecule has 1 saturated carbocycles. The second-order valence-electron chi connectivity index (χ2n) is 6.20. The van der Waals surface area contributed by atoms with Crippen molar-refractivity contribution < 1.29 is 14.6 Å². The van der Waals surface area contributed by atoms with E-state index >= 15 is 0 Å². The van der Waals surface area contributed by atoms with Gasteiger partial charge in [-0.05, 0) is 37.8 Å². The van der Waals surface area contributed by atoms with Crippen LogP contribution in [0.1, 0.15) is 51.0 Å². The molecule has 24 heavy (non-hydrogen) atoms. The fraction of sp³-hybridized carbons (Fsp3) is 0.550. The Kier molecular flexibility index (Phi) is 7.30. The normalized spacial score (nSPS) is 17.4. The van der Waals surface area contributed by atoms with E-state index in [9.17, 15) is 9.90 Å². The van der Waals surface area contributed by atoms with E-state index in [4.69, 9.17) is 4.74 Å². The number of hydrogen-bond donors (Lipinski definition) is 2. The van der Waals surface area contributed by atoms with Crippen LogP contribution in [0.5, 0.6) is 0 Å². The molecule has 0 radical (unpaired) electrons. The maximum absolute atomic E-state index is 12.7. The Morgan fingerprint density at radius 2 is 1.96 bits per heavy atom. The number of esters is 1. The third-order valence-corrected chi connectivity index (χ3v) is 4.35. The van der Waals surface area contributed by atoms with Crippen molar-refractivity contribution in [3.05, 3.63) is 35.9 Å². The zero-order valence-corrected chi connectivity index (χ0v) is 14.4. The van der Waals surface area contributed by atoms with Gasteiger partial charge in [-0.15, -0.1) is 0 Å². The first-order chi connectivity index (χ1) is 11.7. The number of benzene rings is 1. The van der Waals surface area contributed by atoms with Crippen LogP contribution in [0.2, 0.25) is 0 Å². The van der Waals surface area contributed by atoms with Gasteiger partial charge in [0.2, 0.25) is 0 Å². The van der Waals surface area contributed by atoms with E-state index in [2.05, 4.69) is 17.2 Å². The molecule has 0 aliphatic heterocycles. The minimum atomic E-state index is -1.71. The van der Waals surface area contributed by atoms with E-state index in [-0.39, 0.29) is 12.5 Å². The van der Waals surface area contributed by atoms with Gasteiger partial charge in [0, 0.05) is 0 Å². The fourth-order valence-corrected chi connectivity index (χ4v) is 2.88. The van der Waals surface area contributed by atoms with Crippen molar-refractivity contribution >= 4 is 5.97 Å². The standard InChI is InChI=1S/C20H27NO3/c1-2-21-16-10-9-15-20(23,17-11-5-3-6-12-17)19(22)24-18-13-7-4-8-14-18/h3,5-6,11-12,18,21,23H,2,4,7-8,13-16H2,1H3. The number of carbonyl (C=O) groups is 1. The summed E-state index contributed by atoms with van der Waals surface area (Å²) in [6, 6.07) is 8.95. The first-order valence-electron chi connectivity index (χ1n) is 8.82. The molecule has 2 N–H and O–H groups in total. The van der Waals surface area contributed by atoms with Crippen molar-refractivity contribution in [2.75, 3.05) is 13.1 Å². The van der Waals surface area contributed by atoms with Gasteiger partial charge in [-0.3, -0.25) is 0 Å². The number of carbonyl (C=O) groups excluding carboxylic acids is 1. The van der Waals surface area contributed by atoms with Crippen molar-refractivity contribution in [3.63, 3.8) is 0 Å². The summed E-state index contributed by atoms with van der Waals surface area (Å²) in [7, 11) is 0. The first-order valence-corrected chi connectivity index (χ1v) is 8.82. The van der Waals surface area contributed by atoms with Crippen molar-refractivity contribution in [2.24, 2.45) is 0 Å². The highest BCUT2D eigenvalue weighted by Gasteiger charge is 2.40. The maximum Gasteiger partial charge on any atom is 0.344 e. The lowest BCUT2D eigenvalue weighted by atomic mass is 9.90. The summed E-state index contributed by atoms with van der Waals surface area (Å²) in [6.45, 7) is 3.38. The van der Waals surface area contributed by atoms with Gasteiger partial charge >= 0.3 is 5.97 Å². The molecule has 1 aliphatic carbocycles. The van der Waals surface area contributed by atoms with Crippen molar-refractivity contribution in [3.8, 4) is 11.8 Å². The Labute approximate surface area is 144 Å². The summed E-state index contributed by atoms with van der Waals surface area (Å²) in [5.41, 5.74) is -1.18. The van der Waals surface area contributed by atoms with Gasteiger partial charge in [0.25, 0.3) is 0 Å². The van der Waals surface area contributed by atoms with E-state index in [1.54, 1.807) is 24.3 Å². The molecule has 1 aromatic rings. The molecule has 0 bridgehead atoms. The van der Waals surface area contributed by atoms with Crippen LogP contribution in [0.25, 0.3) is 0 Å². The van der Waals surface area contributed by atoms with Crippen LogP contribution in [0.3, 0.4) is 0 Å². The number of aliphatic hydroxyl groups is 1. The van der Waals surface area contributed by atoms with Crippen LogP contribution < -0.4 is 5.32 Å². The van der Waals surface area contributed by atoms with E-state index in [1.807, 2.05) is 13.0 Å². The molecule has 1 aliphatic rings. The highest BCUT2D eigenvalue weighted by molar-refractivity contribution is 5.81. The van der Waals surface area contributed by atoms with Crippen LogP contribution in [0.15, 0.2) is 30.3 Å². The lowest BCUT2D eigenvalue weighted by molar-refractivity contribution is -0.173. The van der Waals surface area contributed by atoms with Crippen LogP contribution in [-0.2, 0) is 15.1 Å². The summed E-state index contributed by atoms with van der Waals surface area (Å²) in [5.74, 6) is 5.27. The molecule has 1 aromatic carbocycles. The third kappa shape index (κ3) is 5.09. The zero-order valence-electron chi connectivity index (χ0n) is 14.4. The molecule has 4 nitrogen and oxygen atoms in total. The Balaban J connectivity index is 2.11. The van der Waals surface area contributed by atoms with Crippen LogP contribution in [0, 0.1) is 11.8 Å². The molecule has 0 heterocycles. The third-order valence-electron chi connectivity index (χ3n) is 4.35. The van der Waals surface area contributed by atoms with Crippen molar-refractivity contribution in [2.45, 2.75) is 57.2 Å². The molecule has 0 amide bonds. The second-order valence-corrected chi connectivity index (χ2v) is 6.20. The molecule has 0 aromatic heterocycles. The predicted molar refractivity (Wildman–Crippen MR) is 94.2 cm³/mol. The number of ether oxygens (including phenoxy) is 1. The molecular formula is C20H27NO3. The molecular weight excluding hydrogens is 302 g/mol. The minimum Gasteiger partial charge on any atom is -0.460 e. The van der Waals surface area contributed by atoms with Crippen molar-refractivity contribution in [1.29, 1.82) is 0 Å². The number of rotatable bonds is 6. The topological polar surface area (TPSA) is 58.6 Å². The van der Waals surface area contributed by atoms with Crippen LogP contribution in [0.4, 0.5) is 0 Å². The van der Waals surface area contributed by atoms with E-state index in [1.165, 1.54) is 6.42 Å². The minimum absolute atomic E-state index is 0.0357. The quantitative estimate of drug-likeness (QED) is 0.479. The van der Waals surface area contributed by atoms with Gasteiger partial charge in [0.05, 0.1) is 13.0 Å². The van der Waals surface area contributed by atoms with Gasteiger partial charge in [0.15, 0.2) is 5.60 Å². The number of hydrogen-bond acceptors (Lipinski definition) is 4. The molecule has 0 saturated heterocycles. The summed E-state index contributed by atoms with van der Waals surface area (Å²) in [5, 5.41) is 14.1. The second kappa shape index (κ2) is 9.46. The lowest BCUT2D eigenvalue weighted by Crippen LogP contribution is -2.39. The lowest BCUT2D eigenvalue weighted by Gasteiger charge is -2.29. The molecule has 1 unspecified atom stereocenters. The summed E-state index contributed by atoms with van der Waals surface area (Å²) in [4.78, 5) is 12.7. The Morgan fingerprint density at radius 3 is 2.62 bits per heavy atom. The molecule has 1 atom stereocenters. The molecule has 4 heteroatoms. The molecule has 1 fully saturated rings. The molecule has 130 valence electrons. The van der Waals surface area contributed by atoms with E-state index in [0.717, 1.165) is 32.2 Å². The summed E-state index contributed by atoms with van der Waals surface area (Å²) >= 11 is 0. The van der Waals surface area contributed by atoms with Crippen molar-refractivity contribution in [1.82, 2.24) is 5.32 Å². The molecule has 2 rings (SSSR count). The Morgan fingerprint density at radius 1 is 1.25 bits per heavy atom. The SMILES string of the molecule is CCNCC#CCC(O)(C(=O)OC1CCCCC1)c1ccccc1. The highest BCUT2D eigenvalue weighted by Crippen LogP contribution is 2.29. The summed E-state index contributed by atoms with van der Waals surface area (Å²) < 4.78 is 5.62. The summed E-state index contributed by atoms with van der Waals surface area (Å²) in [6.07, 6.45) is 5.04. The smallest absolute Gasteiger partial charge is 0.344 e. The van der Waals surface area contributed by atoms with Gasteiger partial charge < -0.3 is 15.2 Å². The van der Waals surface area contributed by atoms with E-state index < -0.39 is 11.6 Å². The highest BCUT2D eigenvalue weighted by atomic mass is 16.6. The predicted octanol–water partition coefficient (Wildman–Crippen LogP) is 2.75. The Hall–Kier alpha value is -1.83. The van der Waals surface area contributed by atoms with Gasteiger partial charge in [-0.2, -0.15) is 0 Å². The van der Waals surface area contributed by atoms with Crippen LogP contribution >= 0.6 is 0 Å². The zero-order chi connectivity index (χ0) is 17.3.